The number of hydrogen-bond acceptors (Lipinski definition) is 9. The summed E-state index contributed by atoms with van der Waals surface area (Å²) >= 11 is 1.19. The van der Waals surface area contributed by atoms with Crippen LogP contribution in [0.3, 0.4) is 0 Å². The molecule has 0 N–H and O–H groups in total. The van der Waals surface area contributed by atoms with E-state index in [0.29, 0.717) is 32.1 Å². The molecule has 2 aromatic carbocycles. The van der Waals surface area contributed by atoms with Crippen molar-refractivity contribution >= 4 is 35.3 Å². The third-order valence-corrected chi connectivity index (χ3v) is 6.31. The van der Waals surface area contributed by atoms with Gasteiger partial charge in [0.05, 0.1) is 29.0 Å². The number of hydrogen-bond donors (Lipinski definition) is 0. The Hall–Kier alpha value is -4.31. The number of carbonyl (C=O) groups is 3. The van der Waals surface area contributed by atoms with Gasteiger partial charge >= 0.3 is 17.9 Å². The van der Waals surface area contributed by atoms with E-state index in [1.165, 1.54) is 36.9 Å². The molecule has 0 spiro atoms. The SMILES string of the molecule is COC(=O)C1=C(C)N=c2s/c(=C/c3ccc(OC(C)=O)cc3)c(=O)n2[C@@H]1c1ccc(OC(C)=O)cc1. The van der Waals surface area contributed by atoms with Crippen LogP contribution in [0.5, 0.6) is 11.5 Å². The van der Waals surface area contributed by atoms with Gasteiger partial charge in [0.15, 0.2) is 4.80 Å². The Labute approximate surface area is 209 Å². The highest BCUT2D eigenvalue weighted by atomic mass is 32.1. The Morgan fingerprint density at radius 3 is 2.03 bits per heavy atom. The first kappa shape index (κ1) is 24.8. The number of carbonyl (C=O) groups excluding carboxylic acids is 3. The minimum atomic E-state index is -0.784. The molecule has 0 amide bonds. The fraction of sp³-hybridized carbons (Fsp3) is 0.192. The van der Waals surface area contributed by atoms with E-state index in [1.54, 1.807) is 61.5 Å². The van der Waals surface area contributed by atoms with E-state index in [1.807, 2.05) is 0 Å². The Morgan fingerprint density at radius 1 is 0.944 bits per heavy atom. The van der Waals surface area contributed by atoms with E-state index >= 15 is 0 Å². The highest BCUT2D eigenvalue weighted by Gasteiger charge is 2.33. The predicted octanol–water partition coefficient (Wildman–Crippen LogP) is 2.26. The highest BCUT2D eigenvalue weighted by molar-refractivity contribution is 7.07. The minimum absolute atomic E-state index is 0.238. The molecule has 0 fully saturated rings. The summed E-state index contributed by atoms with van der Waals surface area (Å²) in [6.45, 7) is 4.31. The first-order valence-electron chi connectivity index (χ1n) is 10.9. The molecule has 0 saturated heterocycles. The zero-order chi connectivity index (χ0) is 26.0. The highest BCUT2D eigenvalue weighted by Crippen LogP contribution is 2.31. The topological polar surface area (TPSA) is 113 Å². The summed E-state index contributed by atoms with van der Waals surface area (Å²) in [4.78, 5) is 53.7. The van der Waals surface area contributed by atoms with Gasteiger partial charge in [-0.3, -0.25) is 19.0 Å². The number of aromatic nitrogens is 1. The average Bonchev–Trinajstić information content (AvgIpc) is 3.13. The van der Waals surface area contributed by atoms with Gasteiger partial charge in [-0.25, -0.2) is 9.79 Å². The fourth-order valence-electron chi connectivity index (χ4n) is 3.84. The van der Waals surface area contributed by atoms with Gasteiger partial charge in [0.2, 0.25) is 0 Å². The van der Waals surface area contributed by atoms with Crippen LogP contribution in [0.15, 0.2) is 69.6 Å². The first-order valence-corrected chi connectivity index (χ1v) is 11.7. The van der Waals surface area contributed by atoms with Crippen LogP contribution in [-0.2, 0) is 19.1 Å². The van der Waals surface area contributed by atoms with E-state index in [-0.39, 0.29) is 11.1 Å². The monoisotopic (exact) mass is 506 g/mol. The zero-order valence-corrected chi connectivity index (χ0v) is 20.8. The standard InChI is InChI=1S/C26H22N2O7S/c1-14-22(25(32)33-4)23(18-7-11-20(12-8-18)35-16(3)30)28-24(31)21(36-26(28)27-14)13-17-5-9-19(10-6-17)34-15(2)29/h5-13,23H,1-4H3/b21-13+/t23-/m1/s1. The lowest BCUT2D eigenvalue weighted by molar-refractivity contribution is -0.136. The Balaban J connectivity index is 1.83. The second-order valence-electron chi connectivity index (χ2n) is 7.90. The smallest absolute Gasteiger partial charge is 0.338 e. The fourth-order valence-corrected chi connectivity index (χ4v) is 4.89. The second-order valence-corrected chi connectivity index (χ2v) is 8.91. The van der Waals surface area contributed by atoms with Crippen molar-refractivity contribution in [3.63, 3.8) is 0 Å². The van der Waals surface area contributed by atoms with Gasteiger partial charge in [0, 0.05) is 13.8 Å². The molecule has 0 unspecified atom stereocenters. The van der Waals surface area contributed by atoms with Crippen molar-refractivity contribution in [3.05, 3.63) is 90.6 Å². The average molecular weight is 507 g/mol. The second kappa shape index (κ2) is 10.1. The maximum Gasteiger partial charge on any atom is 0.338 e. The van der Waals surface area contributed by atoms with E-state index in [2.05, 4.69) is 4.99 Å². The van der Waals surface area contributed by atoms with Gasteiger partial charge in [-0.05, 0) is 48.4 Å². The van der Waals surface area contributed by atoms with Crippen molar-refractivity contribution in [2.24, 2.45) is 4.99 Å². The van der Waals surface area contributed by atoms with Crippen LogP contribution in [0.1, 0.15) is 37.9 Å². The maximum absolute atomic E-state index is 13.6. The number of benzene rings is 2. The summed E-state index contributed by atoms with van der Waals surface area (Å²) in [5, 5.41) is 0. The zero-order valence-electron chi connectivity index (χ0n) is 19.9. The van der Waals surface area contributed by atoms with Gasteiger partial charge < -0.3 is 14.2 Å². The lowest BCUT2D eigenvalue weighted by atomic mass is 9.96. The number of allylic oxidation sites excluding steroid dienone is 1. The summed E-state index contributed by atoms with van der Waals surface area (Å²) in [7, 11) is 1.27. The van der Waals surface area contributed by atoms with E-state index < -0.39 is 23.9 Å². The molecule has 0 aliphatic carbocycles. The number of methoxy groups -OCH3 is 1. The third-order valence-electron chi connectivity index (χ3n) is 5.32. The van der Waals surface area contributed by atoms with Crippen LogP contribution < -0.4 is 24.4 Å². The third kappa shape index (κ3) is 5.03. The Kier molecular flexibility index (Phi) is 6.98. The number of thiazole rings is 1. The Morgan fingerprint density at radius 2 is 1.50 bits per heavy atom. The Bertz CT molecular complexity index is 1560. The molecule has 0 radical (unpaired) electrons. The number of esters is 3. The van der Waals surface area contributed by atoms with Crippen molar-refractivity contribution in [3.8, 4) is 11.5 Å². The largest absolute Gasteiger partial charge is 0.466 e. The minimum Gasteiger partial charge on any atom is -0.466 e. The molecule has 1 aliphatic rings. The lowest BCUT2D eigenvalue weighted by Gasteiger charge is -2.24. The van der Waals surface area contributed by atoms with Gasteiger partial charge in [0.25, 0.3) is 5.56 Å². The molecule has 0 saturated carbocycles. The van der Waals surface area contributed by atoms with Crippen molar-refractivity contribution < 1.29 is 28.6 Å². The van der Waals surface area contributed by atoms with Crippen LogP contribution in [0.25, 0.3) is 6.08 Å². The van der Waals surface area contributed by atoms with Gasteiger partial charge in [-0.2, -0.15) is 0 Å². The van der Waals surface area contributed by atoms with E-state index in [9.17, 15) is 19.2 Å². The predicted molar refractivity (Wildman–Crippen MR) is 131 cm³/mol. The molecule has 1 atom stereocenters. The van der Waals surface area contributed by atoms with Crippen molar-refractivity contribution in [1.29, 1.82) is 0 Å². The normalized spacial score (nSPS) is 15.1. The summed E-state index contributed by atoms with van der Waals surface area (Å²) in [5.41, 5.74) is 1.70. The van der Waals surface area contributed by atoms with Gasteiger partial charge in [-0.1, -0.05) is 35.6 Å². The summed E-state index contributed by atoms with van der Waals surface area (Å²) in [6, 6.07) is 12.5. The summed E-state index contributed by atoms with van der Waals surface area (Å²) < 4.78 is 17.0. The van der Waals surface area contributed by atoms with Crippen LogP contribution in [0, 0.1) is 0 Å². The van der Waals surface area contributed by atoms with Gasteiger partial charge in [-0.15, -0.1) is 0 Å². The van der Waals surface area contributed by atoms with Gasteiger partial charge in [0.1, 0.15) is 11.5 Å². The molecular weight excluding hydrogens is 484 g/mol. The number of nitrogens with zero attached hydrogens (tertiary/aromatic N) is 2. The number of ether oxygens (including phenoxy) is 3. The number of fused-ring (bicyclic) bond motifs is 1. The molecule has 9 nitrogen and oxygen atoms in total. The molecular formula is C26H22N2O7S. The molecule has 3 aromatic rings. The van der Waals surface area contributed by atoms with Crippen LogP contribution >= 0.6 is 11.3 Å². The summed E-state index contributed by atoms with van der Waals surface area (Å²) in [5.74, 6) is -0.732. The molecule has 36 heavy (non-hydrogen) atoms. The molecule has 1 aliphatic heterocycles. The van der Waals surface area contributed by atoms with Crippen LogP contribution in [0.4, 0.5) is 0 Å². The van der Waals surface area contributed by atoms with Crippen molar-refractivity contribution in [2.45, 2.75) is 26.8 Å². The van der Waals surface area contributed by atoms with E-state index in [0.717, 1.165) is 5.56 Å². The molecule has 0 bridgehead atoms. The molecule has 2 heterocycles. The van der Waals surface area contributed by atoms with Crippen LogP contribution in [-0.4, -0.2) is 29.6 Å². The lowest BCUT2D eigenvalue weighted by Crippen LogP contribution is -2.39. The van der Waals surface area contributed by atoms with Crippen LogP contribution in [0.2, 0.25) is 0 Å². The maximum atomic E-state index is 13.6. The quantitative estimate of drug-likeness (QED) is 0.385. The molecule has 184 valence electrons. The summed E-state index contributed by atoms with van der Waals surface area (Å²) in [6.07, 6.45) is 1.71. The van der Waals surface area contributed by atoms with Crippen molar-refractivity contribution in [2.75, 3.05) is 7.11 Å². The van der Waals surface area contributed by atoms with Crippen molar-refractivity contribution in [1.82, 2.24) is 4.57 Å². The van der Waals surface area contributed by atoms with E-state index in [4.69, 9.17) is 14.2 Å². The molecule has 10 heteroatoms. The molecule has 1 aromatic heterocycles. The number of rotatable bonds is 5. The first-order chi connectivity index (χ1) is 17.2. The molecule has 4 rings (SSSR count).